The predicted octanol–water partition coefficient (Wildman–Crippen LogP) is 4.15. The number of sulfonamides is 1. The average Bonchev–Trinajstić information content (AvgIpc) is 2.92. The van der Waals surface area contributed by atoms with Gasteiger partial charge in [-0.15, -0.1) is 0 Å². The normalized spacial score (nSPS) is 12.1. The van der Waals surface area contributed by atoms with Crippen LogP contribution < -0.4 is 20.1 Å². The van der Waals surface area contributed by atoms with Crippen LogP contribution >= 0.6 is 0 Å². The molecule has 1 atom stereocenters. The zero-order chi connectivity index (χ0) is 27.3. The van der Waals surface area contributed by atoms with Crippen molar-refractivity contribution in [3.8, 4) is 5.75 Å². The van der Waals surface area contributed by atoms with Crippen LogP contribution in [0, 0.1) is 5.92 Å². The molecule has 8 nitrogen and oxygen atoms in total. The summed E-state index contributed by atoms with van der Waals surface area (Å²) in [5.74, 6) is -2.33. The summed E-state index contributed by atoms with van der Waals surface area (Å²) in [4.78, 5) is 28.6. The van der Waals surface area contributed by atoms with E-state index in [0.29, 0.717) is 28.1 Å². The molecule has 0 aliphatic carbocycles. The molecule has 0 radical (unpaired) electrons. The Kier molecular flexibility index (Phi) is 7.97. The van der Waals surface area contributed by atoms with Crippen molar-refractivity contribution in [3.05, 3.63) is 96.6 Å². The van der Waals surface area contributed by atoms with Crippen molar-refractivity contribution < 1.29 is 22.7 Å². The number of amides is 2. The number of hydrogen-bond donors (Lipinski definition) is 2. The number of hydrogen-bond acceptors (Lipinski definition) is 6. The summed E-state index contributed by atoms with van der Waals surface area (Å²) in [5.41, 5.74) is 7.57. The van der Waals surface area contributed by atoms with Gasteiger partial charge in [-0.05, 0) is 66.1 Å². The van der Waals surface area contributed by atoms with Gasteiger partial charge in [-0.3, -0.25) is 9.59 Å². The molecule has 38 heavy (non-hydrogen) atoms. The van der Waals surface area contributed by atoms with E-state index >= 15 is 0 Å². The molecule has 0 bridgehead atoms. The summed E-state index contributed by atoms with van der Waals surface area (Å²) >= 11 is 0. The Morgan fingerprint density at radius 3 is 2.26 bits per heavy atom. The quantitative estimate of drug-likeness (QED) is 0.247. The first-order chi connectivity index (χ1) is 18.2. The summed E-state index contributed by atoms with van der Waals surface area (Å²) in [6, 6.07) is 25.8. The summed E-state index contributed by atoms with van der Waals surface area (Å²) < 4.78 is 33.8. The number of para-hydroxylation sites is 1. The van der Waals surface area contributed by atoms with Crippen LogP contribution in [0.25, 0.3) is 10.8 Å². The molecule has 0 aliphatic rings. The molecule has 0 aromatic heterocycles. The zero-order valence-corrected chi connectivity index (χ0v) is 21.9. The maximum Gasteiger partial charge on any atom is 0.264 e. The van der Waals surface area contributed by atoms with Gasteiger partial charge in [0.2, 0.25) is 11.8 Å². The zero-order valence-electron chi connectivity index (χ0n) is 21.1. The van der Waals surface area contributed by atoms with Crippen molar-refractivity contribution in [3.63, 3.8) is 0 Å². The van der Waals surface area contributed by atoms with Crippen molar-refractivity contribution in [2.45, 2.75) is 18.2 Å². The lowest BCUT2D eigenvalue weighted by molar-refractivity contribution is -0.132. The number of carbonyl (C=O) groups is 2. The number of nitrogen functional groups attached to an aromatic ring is 1. The van der Waals surface area contributed by atoms with E-state index in [9.17, 15) is 18.0 Å². The van der Waals surface area contributed by atoms with Crippen molar-refractivity contribution in [1.29, 1.82) is 0 Å². The third kappa shape index (κ3) is 5.78. The van der Waals surface area contributed by atoms with Gasteiger partial charge in [0.05, 0.1) is 17.7 Å². The molecule has 9 heteroatoms. The van der Waals surface area contributed by atoms with Crippen LogP contribution in [-0.2, 0) is 26.0 Å². The Labute approximate surface area is 222 Å². The highest BCUT2D eigenvalue weighted by molar-refractivity contribution is 7.90. The second kappa shape index (κ2) is 11.4. The highest BCUT2D eigenvalue weighted by Gasteiger charge is 2.34. The number of nitrogens with zero attached hydrogens (tertiary/aromatic N) is 1. The molecule has 1 unspecified atom stereocenters. The molecule has 4 aromatic rings. The molecule has 0 heterocycles. The van der Waals surface area contributed by atoms with Crippen LogP contribution in [0.2, 0.25) is 0 Å². The van der Waals surface area contributed by atoms with E-state index in [2.05, 4.69) is 4.72 Å². The minimum atomic E-state index is -4.25. The molecule has 0 saturated carbocycles. The van der Waals surface area contributed by atoms with Gasteiger partial charge in [-0.1, -0.05) is 54.6 Å². The highest BCUT2D eigenvalue weighted by Crippen LogP contribution is 2.26. The smallest absolute Gasteiger partial charge is 0.264 e. The molecule has 0 spiro atoms. The summed E-state index contributed by atoms with van der Waals surface area (Å²) in [5, 5.41) is 1.58. The van der Waals surface area contributed by atoms with E-state index < -0.39 is 27.8 Å². The number of anilines is 2. The van der Waals surface area contributed by atoms with Gasteiger partial charge >= 0.3 is 0 Å². The minimum Gasteiger partial charge on any atom is -0.495 e. The van der Waals surface area contributed by atoms with Crippen molar-refractivity contribution >= 4 is 44.0 Å². The summed E-state index contributed by atoms with van der Waals surface area (Å²) in [6.07, 6.45) is -0.0601. The first-order valence-corrected chi connectivity index (χ1v) is 13.6. The maximum atomic E-state index is 13.7. The van der Waals surface area contributed by atoms with Gasteiger partial charge < -0.3 is 15.4 Å². The largest absolute Gasteiger partial charge is 0.495 e. The van der Waals surface area contributed by atoms with E-state index in [1.54, 1.807) is 67.6 Å². The van der Waals surface area contributed by atoms with Crippen LogP contribution in [0.3, 0.4) is 0 Å². The van der Waals surface area contributed by atoms with Crippen LogP contribution in [0.1, 0.15) is 12.5 Å². The van der Waals surface area contributed by atoms with Gasteiger partial charge in [-0.2, -0.15) is 0 Å². The number of methoxy groups -OCH3 is 1. The first-order valence-electron chi connectivity index (χ1n) is 12.1. The van der Waals surface area contributed by atoms with Crippen LogP contribution in [0.5, 0.6) is 5.75 Å². The van der Waals surface area contributed by atoms with Crippen molar-refractivity contribution in [2.75, 3.05) is 24.3 Å². The standard InChI is InChI=1S/C29H29N3O5S/c1-3-32(23-11-5-4-6-12-23)29(34)25(17-20-13-16-27(37-2)26(30)18-20)28(33)31-38(35,36)24-15-14-21-9-7-8-10-22(21)19-24/h4-16,18-19,25H,3,17,30H2,1-2H3,(H,31,33). The number of rotatable bonds is 9. The Morgan fingerprint density at radius 1 is 0.921 bits per heavy atom. The highest BCUT2D eigenvalue weighted by atomic mass is 32.2. The molecule has 0 fully saturated rings. The summed E-state index contributed by atoms with van der Waals surface area (Å²) in [6.45, 7) is 2.08. The molecular weight excluding hydrogens is 502 g/mol. The fourth-order valence-corrected chi connectivity index (χ4v) is 5.35. The van der Waals surface area contributed by atoms with Gasteiger partial charge in [0.25, 0.3) is 10.0 Å². The average molecular weight is 532 g/mol. The number of nitrogens with one attached hydrogen (secondary N) is 1. The van der Waals surface area contributed by atoms with Crippen molar-refractivity contribution in [1.82, 2.24) is 4.72 Å². The van der Waals surface area contributed by atoms with E-state index in [0.717, 1.165) is 5.39 Å². The van der Waals surface area contributed by atoms with E-state index in [1.807, 2.05) is 18.2 Å². The van der Waals surface area contributed by atoms with E-state index in [4.69, 9.17) is 10.5 Å². The number of benzene rings is 4. The molecular formula is C29H29N3O5S. The monoisotopic (exact) mass is 531 g/mol. The molecule has 2 amide bonds. The van der Waals surface area contributed by atoms with Crippen LogP contribution in [0.15, 0.2) is 95.9 Å². The Bertz CT molecular complexity index is 1570. The minimum absolute atomic E-state index is 0.0601. The molecule has 196 valence electrons. The van der Waals surface area contributed by atoms with Gasteiger partial charge in [0.1, 0.15) is 11.7 Å². The fourth-order valence-electron chi connectivity index (χ4n) is 4.30. The maximum absolute atomic E-state index is 13.7. The predicted molar refractivity (Wildman–Crippen MR) is 148 cm³/mol. The molecule has 4 aromatic carbocycles. The summed E-state index contributed by atoms with van der Waals surface area (Å²) in [7, 11) is -2.76. The molecule has 4 rings (SSSR count). The molecule has 0 saturated heterocycles. The first kappa shape index (κ1) is 26.7. The Hall–Kier alpha value is -4.37. The topological polar surface area (TPSA) is 119 Å². The third-order valence-corrected chi connectivity index (χ3v) is 7.61. The third-order valence-electron chi connectivity index (χ3n) is 6.26. The molecule has 0 aliphatic heterocycles. The van der Waals surface area contributed by atoms with Gasteiger partial charge in [-0.25, -0.2) is 13.1 Å². The number of carbonyl (C=O) groups excluding carboxylic acids is 2. The van der Waals surface area contributed by atoms with Gasteiger partial charge in [0, 0.05) is 12.2 Å². The second-order valence-electron chi connectivity index (χ2n) is 8.73. The Morgan fingerprint density at radius 2 is 1.61 bits per heavy atom. The lowest BCUT2D eigenvalue weighted by Crippen LogP contribution is -2.46. The number of ether oxygens (including phenoxy) is 1. The SMILES string of the molecule is CCN(C(=O)C(Cc1ccc(OC)c(N)c1)C(=O)NS(=O)(=O)c1ccc2ccccc2c1)c1ccccc1. The second-order valence-corrected chi connectivity index (χ2v) is 10.4. The number of fused-ring (bicyclic) bond motifs is 1. The fraction of sp³-hybridized carbons (Fsp3) is 0.172. The van der Waals surface area contributed by atoms with Crippen LogP contribution in [0.4, 0.5) is 11.4 Å². The van der Waals surface area contributed by atoms with Crippen molar-refractivity contribution in [2.24, 2.45) is 5.92 Å². The van der Waals surface area contributed by atoms with Gasteiger partial charge in [0.15, 0.2) is 0 Å². The molecule has 3 N–H and O–H groups in total. The lowest BCUT2D eigenvalue weighted by Gasteiger charge is -2.26. The van der Waals surface area contributed by atoms with E-state index in [1.165, 1.54) is 24.1 Å². The van der Waals surface area contributed by atoms with E-state index in [-0.39, 0.29) is 17.9 Å². The Balaban J connectivity index is 1.67. The lowest BCUT2D eigenvalue weighted by atomic mass is 9.96. The van der Waals surface area contributed by atoms with Crippen LogP contribution in [-0.4, -0.2) is 33.9 Å². The number of nitrogens with two attached hydrogens (primary N) is 1.